The smallest absolute Gasteiger partial charge is 0.407 e. The number of ether oxygens (including phenoxy) is 2. The fraction of sp³-hybridized carbons (Fsp3) is 0.875. The number of amides is 2. The fourth-order valence-electron chi connectivity index (χ4n) is 4.03. The fourth-order valence-corrected chi connectivity index (χ4v) is 4.03. The number of rotatable bonds is 5. The van der Waals surface area contributed by atoms with Crippen LogP contribution in [0, 0.1) is 16.7 Å². The van der Waals surface area contributed by atoms with Crippen molar-refractivity contribution in [1.82, 2.24) is 5.32 Å². The summed E-state index contributed by atoms with van der Waals surface area (Å²) < 4.78 is 9.73. The number of hydrogen-bond donors (Lipinski definition) is 2. The minimum Gasteiger partial charge on any atom is -0.446 e. The largest absolute Gasteiger partial charge is 0.446 e. The number of alkyl carbamates (subject to hydrolysis) is 1. The molecule has 0 aromatic carbocycles. The van der Waals surface area contributed by atoms with Crippen molar-refractivity contribution in [2.24, 2.45) is 22.5 Å². The number of hydrogen-bond acceptors (Lipinski definition) is 4. The van der Waals surface area contributed by atoms with E-state index in [4.69, 9.17) is 10.5 Å². The molecule has 6 heteroatoms. The first kappa shape index (κ1) is 18.6. The van der Waals surface area contributed by atoms with E-state index in [0.29, 0.717) is 17.9 Å². The second-order valence-corrected chi connectivity index (χ2v) is 7.86. The molecule has 3 atom stereocenters. The summed E-state index contributed by atoms with van der Waals surface area (Å²) in [5.41, 5.74) is 5.24. The van der Waals surface area contributed by atoms with E-state index in [1.165, 1.54) is 6.42 Å². The molecule has 128 valence electrons. The number of nitrogens with two attached hydrogens (primary N) is 1. The van der Waals surface area contributed by atoms with Gasteiger partial charge in [0.25, 0.3) is 0 Å². The molecule has 0 radical (unpaired) electrons. The number of primary amides is 1. The number of carbonyl (C=O) groups is 2. The van der Waals surface area contributed by atoms with Crippen LogP contribution in [0.5, 0.6) is 0 Å². The summed E-state index contributed by atoms with van der Waals surface area (Å²) in [6, 6.07) is 0. The van der Waals surface area contributed by atoms with Gasteiger partial charge in [-0.25, -0.2) is 9.59 Å². The Morgan fingerprint density at radius 2 is 1.95 bits per heavy atom. The molecule has 0 aromatic rings. The van der Waals surface area contributed by atoms with E-state index in [1.54, 1.807) is 6.92 Å². The van der Waals surface area contributed by atoms with Gasteiger partial charge in [0.15, 0.2) is 0 Å². The third kappa shape index (κ3) is 6.54. The molecule has 22 heavy (non-hydrogen) atoms. The van der Waals surface area contributed by atoms with Gasteiger partial charge in [0.2, 0.25) is 0 Å². The molecule has 1 aliphatic carbocycles. The van der Waals surface area contributed by atoms with Gasteiger partial charge in [0.1, 0.15) is 12.7 Å². The Hall–Kier alpha value is -1.46. The molecule has 0 spiro atoms. The van der Waals surface area contributed by atoms with Gasteiger partial charge in [0, 0.05) is 6.54 Å². The van der Waals surface area contributed by atoms with Crippen LogP contribution in [0.25, 0.3) is 0 Å². The number of nitrogens with one attached hydrogen (secondary N) is 1. The molecule has 2 amide bonds. The quantitative estimate of drug-likeness (QED) is 0.816. The minimum absolute atomic E-state index is 0.0376. The molecular weight excluding hydrogens is 284 g/mol. The molecular formula is C16H30N2O4. The van der Waals surface area contributed by atoms with Crippen molar-refractivity contribution in [2.75, 3.05) is 13.2 Å². The average Bonchev–Trinajstić information content (AvgIpc) is 2.31. The molecule has 1 rings (SSSR count). The lowest BCUT2D eigenvalue weighted by Gasteiger charge is -2.46. The van der Waals surface area contributed by atoms with Gasteiger partial charge in [-0.1, -0.05) is 27.7 Å². The van der Waals surface area contributed by atoms with E-state index < -0.39 is 18.3 Å². The Morgan fingerprint density at radius 3 is 2.50 bits per heavy atom. The van der Waals surface area contributed by atoms with E-state index in [9.17, 15) is 9.59 Å². The highest BCUT2D eigenvalue weighted by atomic mass is 16.6. The summed E-state index contributed by atoms with van der Waals surface area (Å²) in [5, 5.41) is 2.84. The van der Waals surface area contributed by atoms with E-state index in [-0.39, 0.29) is 12.0 Å². The van der Waals surface area contributed by atoms with E-state index in [2.05, 4.69) is 37.7 Å². The van der Waals surface area contributed by atoms with Gasteiger partial charge in [0.05, 0.1) is 0 Å². The van der Waals surface area contributed by atoms with Crippen LogP contribution < -0.4 is 11.1 Å². The first-order valence-electron chi connectivity index (χ1n) is 7.88. The van der Waals surface area contributed by atoms with Crippen LogP contribution >= 0.6 is 0 Å². The highest BCUT2D eigenvalue weighted by molar-refractivity contribution is 5.67. The van der Waals surface area contributed by atoms with E-state index in [1.807, 2.05) is 0 Å². The molecule has 0 saturated heterocycles. The lowest BCUT2D eigenvalue weighted by Crippen LogP contribution is -2.44. The molecule has 3 N–H and O–H groups in total. The number of carbonyl (C=O) groups excluding carboxylic acids is 2. The zero-order valence-electron chi connectivity index (χ0n) is 14.4. The maximum atomic E-state index is 11.8. The summed E-state index contributed by atoms with van der Waals surface area (Å²) in [5.74, 6) is 0.648. The summed E-state index contributed by atoms with van der Waals surface area (Å²) in [4.78, 5) is 22.3. The topological polar surface area (TPSA) is 90.7 Å². The van der Waals surface area contributed by atoms with Crippen molar-refractivity contribution < 1.29 is 19.1 Å². The van der Waals surface area contributed by atoms with Crippen molar-refractivity contribution in [3.8, 4) is 0 Å². The third-order valence-corrected chi connectivity index (χ3v) is 4.08. The predicted octanol–water partition coefficient (Wildman–Crippen LogP) is 3.05. The summed E-state index contributed by atoms with van der Waals surface area (Å²) in [7, 11) is 0. The molecule has 0 heterocycles. The van der Waals surface area contributed by atoms with Crippen molar-refractivity contribution in [3.63, 3.8) is 0 Å². The first-order chi connectivity index (χ1) is 10.0. The molecule has 1 saturated carbocycles. The van der Waals surface area contributed by atoms with Crippen molar-refractivity contribution >= 4 is 12.2 Å². The maximum absolute atomic E-state index is 11.8. The summed E-state index contributed by atoms with van der Waals surface area (Å²) >= 11 is 0. The lowest BCUT2D eigenvalue weighted by atomic mass is 9.61. The summed E-state index contributed by atoms with van der Waals surface area (Å²) in [6.45, 7) is 11.2. The minimum atomic E-state index is -0.873. The normalized spacial score (nSPS) is 28.5. The molecule has 6 nitrogen and oxygen atoms in total. The van der Waals surface area contributed by atoms with Gasteiger partial charge in [-0.05, 0) is 42.9 Å². The zero-order valence-corrected chi connectivity index (χ0v) is 14.4. The highest BCUT2D eigenvalue weighted by Crippen LogP contribution is 2.48. The zero-order chi connectivity index (χ0) is 17.0. The van der Waals surface area contributed by atoms with Gasteiger partial charge in [-0.15, -0.1) is 0 Å². The van der Waals surface area contributed by atoms with Gasteiger partial charge in [-0.2, -0.15) is 0 Å². The Morgan fingerprint density at radius 1 is 1.32 bits per heavy atom. The lowest BCUT2D eigenvalue weighted by molar-refractivity contribution is 0.0418. The van der Waals surface area contributed by atoms with Crippen molar-refractivity contribution in [3.05, 3.63) is 0 Å². The first-order valence-corrected chi connectivity index (χ1v) is 7.88. The SMILES string of the molecule is CC1CC(C)(C)CC(C)(CNC(=O)OC(C)COC(N)=O)C1. The predicted molar refractivity (Wildman–Crippen MR) is 84.4 cm³/mol. The Bertz CT molecular complexity index is 411. The molecule has 1 fully saturated rings. The second kappa shape index (κ2) is 7.20. The van der Waals surface area contributed by atoms with Crippen LogP contribution in [0.3, 0.4) is 0 Å². The Kier molecular flexibility index (Phi) is 6.08. The van der Waals surface area contributed by atoms with Crippen LogP contribution in [0.15, 0.2) is 0 Å². The monoisotopic (exact) mass is 314 g/mol. The third-order valence-electron chi connectivity index (χ3n) is 4.08. The van der Waals surface area contributed by atoms with Gasteiger partial charge >= 0.3 is 12.2 Å². The van der Waals surface area contributed by atoms with Crippen LogP contribution in [0.1, 0.15) is 53.9 Å². The summed E-state index contributed by atoms with van der Waals surface area (Å²) in [6.07, 6.45) is 1.50. The van der Waals surface area contributed by atoms with E-state index >= 15 is 0 Å². The van der Waals surface area contributed by atoms with Crippen LogP contribution in [0.2, 0.25) is 0 Å². The second-order valence-electron chi connectivity index (χ2n) is 7.86. The van der Waals surface area contributed by atoms with Gasteiger partial charge < -0.3 is 20.5 Å². The van der Waals surface area contributed by atoms with E-state index in [0.717, 1.165) is 12.8 Å². The van der Waals surface area contributed by atoms with Crippen LogP contribution in [0.4, 0.5) is 9.59 Å². The Balaban J connectivity index is 2.41. The maximum Gasteiger partial charge on any atom is 0.407 e. The van der Waals surface area contributed by atoms with Crippen LogP contribution in [-0.2, 0) is 9.47 Å². The standard InChI is InChI=1S/C16H30N2O4/c1-11-6-15(3,4)9-16(5,7-11)10-18-14(20)22-12(2)8-21-13(17)19/h11-12H,6-10H2,1-5H3,(H2,17,19)(H,18,20). The Labute approximate surface area is 133 Å². The molecule has 0 aliphatic heterocycles. The highest BCUT2D eigenvalue weighted by Gasteiger charge is 2.39. The van der Waals surface area contributed by atoms with Crippen molar-refractivity contribution in [1.29, 1.82) is 0 Å². The molecule has 3 unspecified atom stereocenters. The van der Waals surface area contributed by atoms with Gasteiger partial charge in [-0.3, -0.25) is 0 Å². The molecule has 0 bridgehead atoms. The van der Waals surface area contributed by atoms with Crippen LogP contribution in [-0.4, -0.2) is 31.4 Å². The molecule has 1 aliphatic rings. The van der Waals surface area contributed by atoms with Crippen molar-refractivity contribution in [2.45, 2.75) is 60.0 Å². The molecule has 0 aromatic heterocycles. The average molecular weight is 314 g/mol.